The minimum Gasteiger partial charge on any atom is -0.493 e. The lowest BCUT2D eigenvalue weighted by Gasteiger charge is -2.11. The minimum absolute atomic E-state index is 0.448. The molecule has 1 aliphatic carbocycles. The van der Waals surface area contributed by atoms with Crippen molar-refractivity contribution < 1.29 is 14.3 Å². The van der Waals surface area contributed by atoms with Crippen molar-refractivity contribution in [3.05, 3.63) is 29.3 Å². The Bertz CT molecular complexity index is 504. The highest BCUT2D eigenvalue weighted by molar-refractivity contribution is 6.68. The molecule has 0 bridgehead atoms. The van der Waals surface area contributed by atoms with Gasteiger partial charge in [0.1, 0.15) is 0 Å². The monoisotopic (exact) mass is 280 g/mol. The van der Waals surface area contributed by atoms with E-state index in [1.165, 1.54) is 12.8 Å². The number of hydrogen-bond acceptors (Lipinski definition) is 3. The molecule has 0 radical (unpaired) electrons. The number of halogens is 1. The van der Waals surface area contributed by atoms with E-state index in [-0.39, 0.29) is 0 Å². The normalized spacial score (nSPS) is 15.2. The summed E-state index contributed by atoms with van der Waals surface area (Å²) in [5, 5.41) is -0.448. The highest BCUT2D eigenvalue weighted by Gasteiger charge is 2.22. The second-order valence-corrected chi connectivity index (χ2v) is 5.11. The largest absolute Gasteiger partial charge is 0.493 e. The van der Waals surface area contributed by atoms with Crippen LogP contribution in [0.1, 0.15) is 25.3 Å². The summed E-state index contributed by atoms with van der Waals surface area (Å²) >= 11 is 5.42. The fourth-order valence-corrected chi connectivity index (χ4v) is 1.75. The predicted octanol–water partition coefficient (Wildman–Crippen LogP) is 3.65. The van der Waals surface area contributed by atoms with Gasteiger partial charge in [0.05, 0.1) is 13.7 Å². The second kappa shape index (κ2) is 6.11. The minimum atomic E-state index is -0.448. The molecule has 102 valence electrons. The molecule has 0 spiro atoms. The van der Waals surface area contributed by atoms with Crippen LogP contribution in [0, 0.1) is 5.92 Å². The third kappa shape index (κ3) is 4.00. The molecule has 1 aromatic rings. The van der Waals surface area contributed by atoms with Crippen LogP contribution in [0.15, 0.2) is 23.8 Å². The number of ether oxygens (including phenoxy) is 2. The van der Waals surface area contributed by atoms with E-state index >= 15 is 0 Å². The fraction of sp³-hybridized carbons (Fsp3) is 0.400. The number of rotatable bonds is 6. The molecule has 0 amide bonds. The first-order valence-electron chi connectivity index (χ1n) is 6.29. The maximum Gasteiger partial charge on any atom is 0.248 e. The van der Waals surface area contributed by atoms with Gasteiger partial charge in [0.25, 0.3) is 0 Å². The van der Waals surface area contributed by atoms with Crippen LogP contribution >= 0.6 is 11.6 Å². The molecule has 3 nitrogen and oxygen atoms in total. The van der Waals surface area contributed by atoms with E-state index in [4.69, 9.17) is 21.1 Å². The highest BCUT2D eigenvalue weighted by Crippen LogP contribution is 2.33. The standard InChI is InChI=1S/C15H17ClO3/c1-10(15(16)17)7-12-5-6-13(18-2)14(8-12)19-9-11-3-4-11/h5-8,11H,3-4,9H2,1-2H3/b10-7+. The van der Waals surface area contributed by atoms with Gasteiger partial charge in [0.15, 0.2) is 11.5 Å². The van der Waals surface area contributed by atoms with Gasteiger partial charge in [0.2, 0.25) is 5.24 Å². The molecule has 1 aliphatic rings. The van der Waals surface area contributed by atoms with Crippen molar-refractivity contribution in [3.8, 4) is 11.5 Å². The summed E-state index contributed by atoms with van der Waals surface area (Å²) in [6.45, 7) is 2.40. The van der Waals surface area contributed by atoms with E-state index in [0.717, 1.165) is 12.2 Å². The van der Waals surface area contributed by atoms with Crippen LogP contribution in [0.2, 0.25) is 0 Å². The number of methoxy groups -OCH3 is 1. The number of carbonyl (C=O) groups is 1. The van der Waals surface area contributed by atoms with Crippen molar-refractivity contribution in [1.82, 2.24) is 0 Å². The Hall–Kier alpha value is -1.48. The number of allylic oxidation sites excluding steroid dienone is 1. The van der Waals surface area contributed by atoms with Gasteiger partial charge in [-0.1, -0.05) is 6.07 Å². The molecule has 0 atom stereocenters. The summed E-state index contributed by atoms with van der Waals surface area (Å²) in [7, 11) is 1.61. The van der Waals surface area contributed by atoms with Crippen LogP contribution in [0.4, 0.5) is 0 Å². The molecule has 4 heteroatoms. The molecule has 0 N–H and O–H groups in total. The molecule has 0 saturated heterocycles. The molecule has 2 rings (SSSR count). The van der Waals surface area contributed by atoms with Gasteiger partial charge in [-0.05, 0) is 61.1 Å². The maximum atomic E-state index is 11.0. The molecule has 1 aromatic carbocycles. The van der Waals surface area contributed by atoms with Gasteiger partial charge in [-0.3, -0.25) is 4.79 Å². The third-order valence-electron chi connectivity index (χ3n) is 3.05. The zero-order valence-electron chi connectivity index (χ0n) is 11.1. The van der Waals surface area contributed by atoms with Gasteiger partial charge in [-0.2, -0.15) is 0 Å². The molecular weight excluding hydrogens is 264 g/mol. The van der Waals surface area contributed by atoms with E-state index in [2.05, 4.69) is 0 Å². The second-order valence-electron chi connectivity index (χ2n) is 4.77. The van der Waals surface area contributed by atoms with Crippen LogP contribution < -0.4 is 9.47 Å². The van der Waals surface area contributed by atoms with Gasteiger partial charge >= 0.3 is 0 Å². The Labute approximate surface area is 118 Å². The van der Waals surface area contributed by atoms with Gasteiger partial charge < -0.3 is 9.47 Å². The Balaban J connectivity index is 2.18. The topological polar surface area (TPSA) is 35.5 Å². The zero-order chi connectivity index (χ0) is 13.8. The van der Waals surface area contributed by atoms with Gasteiger partial charge in [-0.15, -0.1) is 0 Å². The maximum absolute atomic E-state index is 11.0. The molecule has 1 fully saturated rings. The van der Waals surface area contributed by atoms with Crippen molar-refractivity contribution in [2.75, 3.05) is 13.7 Å². The smallest absolute Gasteiger partial charge is 0.248 e. The lowest BCUT2D eigenvalue weighted by Crippen LogP contribution is -2.01. The summed E-state index contributed by atoms with van der Waals surface area (Å²) in [5.74, 6) is 2.08. The Morgan fingerprint density at radius 2 is 2.16 bits per heavy atom. The molecular formula is C15H17ClO3. The van der Waals surface area contributed by atoms with Crippen LogP contribution in [-0.2, 0) is 4.79 Å². The lowest BCUT2D eigenvalue weighted by molar-refractivity contribution is -0.108. The Morgan fingerprint density at radius 3 is 2.74 bits per heavy atom. The van der Waals surface area contributed by atoms with Crippen molar-refractivity contribution in [1.29, 1.82) is 0 Å². The first-order valence-corrected chi connectivity index (χ1v) is 6.67. The number of hydrogen-bond donors (Lipinski definition) is 0. The van der Waals surface area contributed by atoms with Crippen LogP contribution in [0.25, 0.3) is 6.08 Å². The molecule has 19 heavy (non-hydrogen) atoms. The van der Waals surface area contributed by atoms with E-state index in [1.54, 1.807) is 20.1 Å². The van der Waals surface area contributed by atoms with Crippen LogP contribution in [0.5, 0.6) is 11.5 Å². The summed E-state index contributed by atoms with van der Waals surface area (Å²) in [6, 6.07) is 5.57. The Kier molecular flexibility index (Phi) is 4.48. The predicted molar refractivity (Wildman–Crippen MR) is 75.7 cm³/mol. The molecule has 0 heterocycles. The van der Waals surface area contributed by atoms with E-state index in [9.17, 15) is 4.79 Å². The molecule has 0 aliphatic heterocycles. The third-order valence-corrected chi connectivity index (χ3v) is 3.35. The van der Waals surface area contributed by atoms with Gasteiger partial charge in [-0.25, -0.2) is 0 Å². The first-order chi connectivity index (χ1) is 9.10. The van der Waals surface area contributed by atoms with Crippen molar-refractivity contribution in [2.45, 2.75) is 19.8 Å². The van der Waals surface area contributed by atoms with Crippen molar-refractivity contribution in [2.24, 2.45) is 5.92 Å². The quantitative estimate of drug-likeness (QED) is 0.589. The highest BCUT2D eigenvalue weighted by atomic mass is 35.5. The average molecular weight is 281 g/mol. The van der Waals surface area contributed by atoms with Crippen molar-refractivity contribution in [3.63, 3.8) is 0 Å². The zero-order valence-corrected chi connectivity index (χ0v) is 11.9. The lowest BCUT2D eigenvalue weighted by atomic mass is 10.1. The fourth-order valence-electron chi connectivity index (χ4n) is 1.69. The molecule has 1 saturated carbocycles. The number of benzene rings is 1. The van der Waals surface area contributed by atoms with E-state index in [1.807, 2.05) is 18.2 Å². The van der Waals surface area contributed by atoms with Crippen molar-refractivity contribution >= 4 is 22.9 Å². The Morgan fingerprint density at radius 1 is 1.42 bits per heavy atom. The molecule has 0 aromatic heterocycles. The van der Waals surface area contributed by atoms with Gasteiger partial charge in [0, 0.05) is 5.57 Å². The van der Waals surface area contributed by atoms with E-state index < -0.39 is 5.24 Å². The van der Waals surface area contributed by atoms with Crippen LogP contribution in [0.3, 0.4) is 0 Å². The van der Waals surface area contributed by atoms with E-state index in [0.29, 0.717) is 23.0 Å². The molecule has 0 unspecified atom stereocenters. The average Bonchev–Trinajstić information content (AvgIpc) is 3.20. The number of carbonyl (C=O) groups excluding carboxylic acids is 1. The van der Waals surface area contributed by atoms with Crippen LogP contribution in [-0.4, -0.2) is 19.0 Å². The summed E-state index contributed by atoms with van der Waals surface area (Å²) < 4.78 is 11.0. The first kappa shape index (κ1) is 13.9. The summed E-state index contributed by atoms with van der Waals surface area (Å²) in [4.78, 5) is 11.0. The SMILES string of the molecule is COc1ccc(/C=C(\C)C(=O)Cl)cc1OCC1CC1. The summed E-state index contributed by atoms with van der Waals surface area (Å²) in [6.07, 6.45) is 4.21. The summed E-state index contributed by atoms with van der Waals surface area (Å²) in [5.41, 5.74) is 1.37.